The highest BCUT2D eigenvalue weighted by Gasteiger charge is 2.33. The molecular formula is C27H35O2P. The van der Waals surface area contributed by atoms with E-state index < -0.39 is 8.38 Å². The van der Waals surface area contributed by atoms with Crippen LogP contribution in [0.15, 0.2) is 48.5 Å². The summed E-state index contributed by atoms with van der Waals surface area (Å²) in [5.41, 5.74) is 3.37. The highest BCUT2D eigenvalue weighted by atomic mass is 31.2. The Hall–Kier alpha value is -1.53. The third kappa shape index (κ3) is 4.54. The summed E-state index contributed by atoms with van der Waals surface area (Å²) in [4.78, 5) is 0. The Morgan fingerprint density at radius 3 is 1.40 bits per heavy atom. The fourth-order valence-electron chi connectivity index (χ4n) is 5.75. The van der Waals surface area contributed by atoms with Crippen molar-refractivity contribution in [3.8, 4) is 11.5 Å². The average Bonchev–Trinajstić information content (AvgIpc) is 3.58. The lowest BCUT2D eigenvalue weighted by Crippen LogP contribution is -2.11. The van der Waals surface area contributed by atoms with E-state index in [9.17, 15) is 0 Å². The largest absolute Gasteiger partial charge is 0.438 e. The molecule has 2 aromatic carbocycles. The number of para-hydroxylation sites is 2. The highest BCUT2D eigenvalue weighted by Crippen LogP contribution is 2.54. The molecule has 2 nitrogen and oxygen atoms in total. The van der Waals surface area contributed by atoms with Crippen molar-refractivity contribution in [3.63, 3.8) is 0 Å². The summed E-state index contributed by atoms with van der Waals surface area (Å²) in [5.74, 6) is 3.49. The smallest absolute Gasteiger partial charge is 0.293 e. The van der Waals surface area contributed by atoms with Gasteiger partial charge in [-0.3, -0.25) is 0 Å². The Morgan fingerprint density at radius 1 is 0.533 bits per heavy atom. The molecule has 3 aliphatic carbocycles. The minimum atomic E-state index is -0.976. The van der Waals surface area contributed by atoms with Gasteiger partial charge in [-0.25, -0.2) is 0 Å². The van der Waals surface area contributed by atoms with Gasteiger partial charge in [-0.15, -0.1) is 0 Å². The van der Waals surface area contributed by atoms with Crippen molar-refractivity contribution in [1.29, 1.82) is 0 Å². The van der Waals surface area contributed by atoms with E-state index >= 15 is 0 Å². The maximum Gasteiger partial charge on any atom is 0.293 e. The van der Waals surface area contributed by atoms with Crippen molar-refractivity contribution < 1.29 is 9.05 Å². The van der Waals surface area contributed by atoms with Crippen LogP contribution in [-0.4, -0.2) is 5.66 Å². The van der Waals surface area contributed by atoms with Gasteiger partial charge in [0.1, 0.15) is 11.5 Å². The van der Waals surface area contributed by atoms with Crippen LogP contribution in [0, 0.1) is 0 Å². The predicted molar refractivity (Wildman–Crippen MR) is 126 cm³/mol. The second-order valence-electron chi connectivity index (χ2n) is 9.44. The molecule has 0 N–H and O–H groups in total. The standard InChI is InChI=1S/C27H35O2P/c1-2-12-21(11-1)24-17-7-9-19-26(24)28-30(23-15-5-6-16-23)29-27-20-10-8-18-25(27)22-13-3-4-14-22/h7-10,17-23H,1-6,11-16H2. The average molecular weight is 423 g/mol. The molecule has 0 bridgehead atoms. The van der Waals surface area contributed by atoms with Crippen molar-refractivity contribution >= 4 is 8.38 Å². The summed E-state index contributed by atoms with van der Waals surface area (Å²) in [5, 5.41) is 0. The minimum Gasteiger partial charge on any atom is -0.438 e. The van der Waals surface area contributed by atoms with Crippen molar-refractivity contribution in [2.45, 2.75) is 94.5 Å². The van der Waals surface area contributed by atoms with Crippen LogP contribution in [-0.2, 0) is 0 Å². The molecule has 0 saturated heterocycles. The summed E-state index contributed by atoms with van der Waals surface area (Å²) in [6.07, 6.45) is 15.7. The van der Waals surface area contributed by atoms with Gasteiger partial charge in [0.15, 0.2) is 0 Å². The van der Waals surface area contributed by atoms with E-state index in [1.807, 2.05) is 0 Å². The second-order valence-corrected chi connectivity index (χ2v) is 11.1. The first-order valence-electron chi connectivity index (χ1n) is 12.2. The van der Waals surface area contributed by atoms with E-state index in [1.54, 1.807) is 0 Å². The molecular weight excluding hydrogens is 387 g/mol. The van der Waals surface area contributed by atoms with E-state index in [0.29, 0.717) is 17.5 Å². The zero-order valence-corrected chi connectivity index (χ0v) is 19.0. The first-order chi connectivity index (χ1) is 14.9. The van der Waals surface area contributed by atoms with E-state index in [0.717, 1.165) is 11.5 Å². The maximum absolute atomic E-state index is 6.81. The fraction of sp³-hybridized carbons (Fsp3) is 0.556. The summed E-state index contributed by atoms with van der Waals surface area (Å²) in [6, 6.07) is 17.6. The molecule has 3 aliphatic rings. The van der Waals surface area contributed by atoms with Crippen LogP contribution in [0.3, 0.4) is 0 Å². The van der Waals surface area contributed by atoms with Gasteiger partial charge < -0.3 is 9.05 Å². The topological polar surface area (TPSA) is 18.5 Å². The second kappa shape index (κ2) is 9.73. The lowest BCUT2D eigenvalue weighted by molar-refractivity contribution is 0.460. The SMILES string of the molecule is c1ccc(C2CCCC2)c(OP(Oc2ccccc2C2CCCC2)C2CCCC2)c1. The molecule has 160 valence electrons. The third-order valence-corrected chi connectivity index (χ3v) is 9.29. The van der Waals surface area contributed by atoms with Gasteiger partial charge in [0.25, 0.3) is 8.38 Å². The Bertz CT molecular complexity index is 756. The first kappa shape index (κ1) is 20.4. The van der Waals surface area contributed by atoms with Crippen LogP contribution in [0.2, 0.25) is 0 Å². The molecule has 0 unspecified atom stereocenters. The van der Waals surface area contributed by atoms with Crippen LogP contribution in [0.5, 0.6) is 11.5 Å². The van der Waals surface area contributed by atoms with E-state index in [4.69, 9.17) is 9.05 Å². The molecule has 0 heterocycles. The van der Waals surface area contributed by atoms with E-state index in [2.05, 4.69) is 48.5 Å². The van der Waals surface area contributed by atoms with Crippen LogP contribution in [0.1, 0.15) is 100 Å². The Morgan fingerprint density at radius 2 is 0.933 bits per heavy atom. The molecule has 0 aromatic heterocycles. The molecule has 0 atom stereocenters. The molecule has 3 saturated carbocycles. The summed E-state index contributed by atoms with van der Waals surface area (Å²) < 4.78 is 13.6. The van der Waals surface area contributed by atoms with Gasteiger partial charge in [0, 0.05) is 0 Å². The number of benzene rings is 2. The zero-order chi connectivity index (χ0) is 20.2. The lowest BCUT2D eigenvalue weighted by Gasteiger charge is -2.27. The zero-order valence-electron chi connectivity index (χ0n) is 18.1. The van der Waals surface area contributed by atoms with Crippen molar-refractivity contribution in [3.05, 3.63) is 59.7 Å². The molecule has 5 rings (SSSR count). The van der Waals surface area contributed by atoms with Crippen molar-refractivity contribution in [1.82, 2.24) is 0 Å². The Labute approximate surface area is 183 Å². The van der Waals surface area contributed by atoms with Crippen LogP contribution < -0.4 is 9.05 Å². The monoisotopic (exact) mass is 422 g/mol. The molecule has 0 spiro atoms. The number of hydrogen-bond donors (Lipinski definition) is 0. The third-order valence-electron chi connectivity index (χ3n) is 7.43. The molecule has 2 aromatic rings. The molecule has 3 heteroatoms. The van der Waals surface area contributed by atoms with Crippen molar-refractivity contribution in [2.24, 2.45) is 0 Å². The quantitative estimate of drug-likeness (QED) is 0.415. The van der Waals surface area contributed by atoms with Gasteiger partial charge in [-0.05, 0) is 73.6 Å². The molecule has 0 aliphatic heterocycles. The van der Waals surface area contributed by atoms with Crippen LogP contribution in [0.25, 0.3) is 0 Å². The van der Waals surface area contributed by atoms with Crippen molar-refractivity contribution in [2.75, 3.05) is 0 Å². The summed E-state index contributed by atoms with van der Waals surface area (Å²) >= 11 is 0. The Balaban J connectivity index is 1.41. The molecule has 3 fully saturated rings. The van der Waals surface area contributed by atoms with Gasteiger partial charge in [-0.1, -0.05) is 74.9 Å². The maximum atomic E-state index is 6.81. The van der Waals surface area contributed by atoms with Gasteiger partial charge in [-0.2, -0.15) is 0 Å². The fourth-order valence-corrected chi connectivity index (χ4v) is 7.59. The number of rotatable bonds is 7. The molecule has 30 heavy (non-hydrogen) atoms. The first-order valence-corrected chi connectivity index (χ1v) is 13.5. The van der Waals surface area contributed by atoms with E-state index in [-0.39, 0.29) is 0 Å². The van der Waals surface area contributed by atoms with Crippen LogP contribution >= 0.6 is 8.38 Å². The normalized spacial score (nSPS) is 21.0. The Kier molecular flexibility index (Phi) is 6.61. The minimum absolute atomic E-state index is 0.549. The summed E-state index contributed by atoms with van der Waals surface area (Å²) in [6.45, 7) is 0. The van der Waals surface area contributed by atoms with Crippen LogP contribution in [0.4, 0.5) is 0 Å². The molecule has 0 amide bonds. The van der Waals surface area contributed by atoms with Gasteiger partial charge >= 0.3 is 0 Å². The van der Waals surface area contributed by atoms with Gasteiger partial charge in [0.05, 0.1) is 5.66 Å². The molecule has 0 radical (unpaired) electrons. The van der Waals surface area contributed by atoms with Gasteiger partial charge in [0.2, 0.25) is 0 Å². The number of hydrogen-bond acceptors (Lipinski definition) is 2. The predicted octanol–water partition coefficient (Wildman–Crippen LogP) is 8.71. The van der Waals surface area contributed by atoms with E-state index in [1.165, 1.54) is 88.2 Å². The summed E-state index contributed by atoms with van der Waals surface area (Å²) in [7, 11) is -0.976. The lowest BCUT2D eigenvalue weighted by atomic mass is 9.97. The highest BCUT2D eigenvalue weighted by molar-refractivity contribution is 7.49.